The Kier molecular flexibility index (Phi) is 4.29. The minimum absolute atomic E-state index is 0.0343. The number of likely N-dealkylation sites (tertiary alicyclic amines) is 1. The second-order valence-electron chi connectivity index (χ2n) is 6.86. The molecule has 1 aliphatic rings. The lowest BCUT2D eigenvalue weighted by Crippen LogP contribution is -2.28. The van der Waals surface area contributed by atoms with Gasteiger partial charge in [-0.2, -0.15) is 0 Å². The van der Waals surface area contributed by atoms with Crippen molar-refractivity contribution in [3.8, 4) is 0 Å². The third-order valence-electron chi connectivity index (χ3n) is 4.81. The molecular formula is C21H22N4O. The van der Waals surface area contributed by atoms with Crippen molar-refractivity contribution >= 4 is 28.3 Å². The second-order valence-corrected chi connectivity index (χ2v) is 6.86. The van der Waals surface area contributed by atoms with Crippen LogP contribution >= 0.6 is 0 Å². The van der Waals surface area contributed by atoms with E-state index in [-0.39, 0.29) is 5.91 Å². The first-order valence-electron chi connectivity index (χ1n) is 9.01. The van der Waals surface area contributed by atoms with Crippen molar-refractivity contribution in [1.29, 1.82) is 0 Å². The van der Waals surface area contributed by atoms with Crippen LogP contribution in [0.2, 0.25) is 0 Å². The first-order valence-corrected chi connectivity index (χ1v) is 9.01. The van der Waals surface area contributed by atoms with E-state index in [1.807, 2.05) is 36.1 Å². The number of hydrogen-bond acceptors (Lipinski definition) is 4. The average molecular weight is 346 g/mol. The minimum atomic E-state index is 0.0343. The zero-order valence-corrected chi connectivity index (χ0v) is 15.1. The lowest BCUT2D eigenvalue weighted by Gasteiger charge is -2.19. The van der Waals surface area contributed by atoms with Gasteiger partial charge in [-0.25, -0.2) is 9.97 Å². The van der Waals surface area contributed by atoms with Crippen molar-refractivity contribution < 1.29 is 4.79 Å². The Hall–Kier alpha value is -2.95. The number of benzene rings is 1. The van der Waals surface area contributed by atoms with Gasteiger partial charge in [-0.05, 0) is 51.0 Å². The monoisotopic (exact) mass is 346 g/mol. The van der Waals surface area contributed by atoms with Crippen molar-refractivity contribution in [3.05, 3.63) is 59.4 Å². The molecule has 1 N–H and O–H groups in total. The molecule has 3 aromatic rings. The van der Waals surface area contributed by atoms with E-state index in [0.29, 0.717) is 11.2 Å². The Balaban J connectivity index is 1.83. The van der Waals surface area contributed by atoms with E-state index in [1.165, 1.54) is 5.56 Å². The van der Waals surface area contributed by atoms with Crippen LogP contribution in [-0.4, -0.2) is 33.9 Å². The highest BCUT2D eigenvalue weighted by Gasteiger charge is 2.24. The smallest absolute Gasteiger partial charge is 0.257 e. The first-order chi connectivity index (χ1) is 12.6. The van der Waals surface area contributed by atoms with E-state index in [1.54, 1.807) is 6.20 Å². The fourth-order valence-electron chi connectivity index (χ4n) is 3.34. The summed E-state index contributed by atoms with van der Waals surface area (Å²) in [4.78, 5) is 23.9. The van der Waals surface area contributed by atoms with Gasteiger partial charge in [0.15, 0.2) is 5.65 Å². The predicted molar refractivity (Wildman–Crippen MR) is 104 cm³/mol. The van der Waals surface area contributed by atoms with Crippen molar-refractivity contribution in [3.63, 3.8) is 0 Å². The Morgan fingerprint density at radius 1 is 1.04 bits per heavy atom. The molecule has 1 saturated heterocycles. The molecule has 4 rings (SSSR count). The molecule has 0 spiro atoms. The molecule has 1 fully saturated rings. The van der Waals surface area contributed by atoms with Gasteiger partial charge < -0.3 is 10.2 Å². The topological polar surface area (TPSA) is 58.1 Å². The van der Waals surface area contributed by atoms with Crippen LogP contribution in [0.3, 0.4) is 0 Å². The number of nitrogens with one attached hydrogen (secondary N) is 1. The van der Waals surface area contributed by atoms with Crippen LogP contribution in [0.1, 0.15) is 34.5 Å². The maximum atomic E-state index is 13.0. The lowest BCUT2D eigenvalue weighted by molar-refractivity contribution is 0.0793. The van der Waals surface area contributed by atoms with E-state index in [2.05, 4.69) is 34.3 Å². The molecule has 0 radical (unpaired) electrons. The molecule has 2 aromatic heterocycles. The van der Waals surface area contributed by atoms with Crippen LogP contribution in [0.4, 0.5) is 11.4 Å². The van der Waals surface area contributed by atoms with Gasteiger partial charge in [0.25, 0.3) is 5.91 Å². The highest BCUT2D eigenvalue weighted by Crippen LogP contribution is 2.30. The van der Waals surface area contributed by atoms with Crippen LogP contribution in [0.25, 0.3) is 11.0 Å². The van der Waals surface area contributed by atoms with Crippen molar-refractivity contribution in [1.82, 2.24) is 14.9 Å². The summed E-state index contributed by atoms with van der Waals surface area (Å²) < 4.78 is 0. The number of fused-ring (bicyclic) bond motifs is 1. The van der Waals surface area contributed by atoms with Crippen molar-refractivity contribution in [2.75, 3.05) is 18.4 Å². The van der Waals surface area contributed by atoms with E-state index in [4.69, 9.17) is 0 Å². The van der Waals surface area contributed by atoms with Gasteiger partial charge in [0.05, 0.1) is 11.3 Å². The summed E-state index contributed by atoms with van der Waals surface area (Å²) in [5, 5.41) is 4.30. The van der Waals surface area contributed by atoms with Crippen LogP contribution in [0.15, 0.2) is 42.6 Å². The maximum Gasteiger partial charge on any atom is 0.257 e. The van der Waals surface area contributed by atoms with Gasteiger partial charge >= 0.3 is 0 Å². The molecule has 1 aliphatic heterocycles. The summed E-state index contributed by atoms with van der Waals surface area (Å²) in [6, 6.07) is 12.1. The van der Waals surface area contributed by atoms with Gasteiger partial charge in [0, 0.05) is 36.1 Å². The van der Waals surface area contributed by atoms with Gasteiger partial charge in [-0.1, -0.05) is 17.7 Å². The largest absolute Gasteiger partial charge is 0.354 e. The average Bonchev–Trinajstić information content (AvgIpc) is 3.18. The Morgan fingerprint density at radius 2 is 1.77 bits per heavy atom. The van der Waals surface area contributed by atoms with E-state index < -0.39 is 0 Å². The lowest BCUT2D eigenvalue weighted by atomic mass is 10.1. The number of rotatable bonds is 3. The van der Waals surface area contributed by atoms with Crippen molar-refractivity contribution in [2.24, 2.45) is 0 Å². The zero-order chi connectivity index (χ0) is 18.1. The van der Waals surface area contributed by atoms with Gasteiger partial charge in [-0.3, -0.25) is 4.79 Å². The summed E-state index contributed by atoms with van der Waals surface area (Å²) in [5.74, 6) is 0.0343. The number of nitrogens with zero attached hydrogens (tertiary/aromatic N) is 3. The molecule has 5 heteroatoms. The fourth-order valence-corrected chi connectivity index (χ4v) is 3.34. The fraction of sp³-hybridized carbons (Fsp3) is 0.286. The van der Waals surface area contributed by atoms with Gasteiger partial charge in [-0.15, -0.1) is 0 Å². The van der Waals surface area contributed by atoms with Gasteiger partial charge in [0.2, 0.25) is 0 Å². The summed E-state index contributed by atoms with van der Waals surface area (Å²) in [6.07, 6.45) is 3.79. The second kappa shape index (κ2) is 6.75. The molecule has 0 bridgehead atoms. The first kappa shape index (κ1) is 16.5. The number of pyridine rings is 2. The van der Waals surface area contributed by atoms with Gasteiger partial charge in [0.1, 0.15) is 0 Å². The van der Waals surface area contributed by atoms with Crippen LogP contribution in [0, 0.1) is 13.8 Å². The number of carbonyl (C=O) groups is 1. The summed E-state index contributed by atoms with van der Waals surface area (Å²) in [5.41, 5.74) is 5.08. The molecule has 0 saturated carbocycles. The molecule has 26 heavy (non-hydrogen) atoms. The number of carbonyl (C=O) groups excluding carboxylic acids is 1. The molecular weight excluding hydrogens is 324 g/mol. The van der Waals surface area contributed by atoms with Crippen molar-refractivity contribution in [2.45, 2.75) is 26.7 Å². The highest BCUT2D eigenvalue weighted by atomic mass is 16.2. The third-order valence-corrected chi connectivity index (χ3v) is 4.81. The molecule has 1 aromatic carbocycles. The molecule has 3 heterocycles. The number of amides is 1. The minimum Gasteiger partial charge on any atom is -0.354 e. The predicted octanol–water partition coefficient (Wildman–Crippen LogP) is 4.23. The molecule has 0 unspecified atom stereocenters. The number of anilines is 2. The Bertz CT molecular complexity index is 960. The van der Waals surface area contributed by atoms with E-state index in [9.17, 15) is 4.79 Å². The summed E-state index contributed by atoms with van der Waals surface area (Å²) in [7, 11) is 0. The zero-order valence-electron chi connectivity index (χ0n) is 15.1. The number of aryl methyl sites for hydroxylation is 2. The molecule has 132 valence electrons. The summed E-state index contributed by atoms with van der Waals surface area (Å²) in [6.45, 7) is 5.62. The Morgan fingerprint density at radius 3 is 2.50 bits per heavy atom. The van der Waals surface area contributed by atoms with E-state index >= 15 is 0 Å². The molecule has 0 aliphatic carbocycles. The van der Waals surface area contributed by atoms with E-state index in [0.717, 1.165) is 48.4 Å². The molecule has 0 atom stereocenters. The third kappa shape index (κ3) is 3.12. The quantitative estimate of drug-likeness (QED) is 0.771. The molecule has 5 nitrogen and oxygen atoms in total. The molecule has 1 amide bonds. The maximum absolute atomic E-state index is 13.0. The normalized spacial score (nSPS) is 14.0. The van der Waals surface area contributed by atoms with Crippen LogP contribution < -0.4 is 5.32 Å². The number of hydrogen-bond donors (Lipinski definition) is 1. The standard InChI is InChI=1S/C21H22N4O/c1-14-5-8-16(9-6-14)24-19-17-10-7-15(2)23-20(17)22-13-18(19)21(26)25-11-3-4-12-25/h5-10,13H,3-4,11-12H2,1-2H3,(H,22,23,24). The SMILES string of the molecule is Cc1ccc(Nc2c(C(=O)N3CCCC3)cnc3nc(C)ccc23)cc1. The summed E-state index contributed by atoms with van der Waals surface area (Å²) >= 11 is 0. The Labute approximate surface area is 153 Å². The number of aromatic nitrogens is 2. The highest BCUT2D eigenvalue weighted by molar-refractivity contribution is 6.07. The van der Waals surface area contributed by atoms with Crippen LogP contribution in [-0.2, 0) is 0 Å². The van der Waals surface area contributed by atoms with Crippen LogP contribution in [0.5, 0.6) is 0 Å².